The number of nitrogens with two attached hydrogens (primary N) is 1. The van der Waals surface area contributed by atoms with E-state index in [9.17, 15) is 4.79 Å². The van der Waals surface area contributed by atoms with Gasteiger partial charge >= 0.3 is 0 Å². The summed E-state index contributed by atoms with van der Waals surface area (Å²) < 4.78 is 10.4. The average Bonchev–Trinajstić information content (AvgIpc) is 2.54. The van der Waals surface area contributed by atoms with Crippen LogP contribution in [0, 0.1) is 5.92 Å². The van der Waals surface area contributed by atoms with Crippen molar-refractivity contribution in [2.75, 3.05) is 20.8 Å². The molecule has 2 unspecified atom stereocenters. The molecule has 6 heteroatoms. The van der Waals surface area contributed by atoms with Crippen LogP contribution in [0.2, 0.25) is 0 Å². The monoisotopic (exact) mass is 328 g/mol. The van der Waals surface area contributed by atoms with Gasteiger partial charge in [-0.2, -0.15) is 0 Å². The quantitative estimate of drug-likeness (QED) is 0.870. The van der Waals surface area contributed by atoms with Crippen LogP contribution in [0.5, 0.6) is 11.5 Å². The zero-order valence-electron chi connectivity index (χ0n) is 13.1. The van der Waals surface area contributed by atoms with Crippen molar-refractivity contribution >= 4 is 18.3 Å². The molecule has 2 rings (SSSR count). The Hall–Kier alpha value is -1.46. The molecule has 1 saturated carbocycles. The molecule has 0 bridgehead atoms. The lowest BCUT2D eigenvalue weighted by molar-refractivity contribution is 0.0904. The third kappa shape index (κ3) is 4.27. The van der Waals surface area contributed by atoms with Crippen LogP contribution >= 0.6 is 12.4 Å². The first-order valence-electron chi connectivity index (χ1n) is 7.42. The van der Waals surface area contributed by atoms with Crippen molar-refractivity contribution in [2.24, 2.45) is 11.7 Å². The molecule has 1 aromatic carbocycles. The molecule has 1 aliphatic carbocycles. The molecule has 1 aromatic rings. The predicted octanol–water partition coefficient (Wildman–Crippen LogP) is 2.37. The maximum Gasteiger partial charge on any atom is 0.255 e. The van der Waals surface area contributed by atoms with E-state index < -0.39 is 0 Å². The number of amides is 1. The Morgan fingerprint density at radius 2 is 2.00 bits per heavy atom. The highest BCUT2D eigenvalue weighted by Gasteiger charge is 2.26. The van der Waals surface area contributed by atoms with Gasteiger partial charge in [0.15, 0.2) is 0 Å². The summed E-state index contributed by atoms with van der Waals surface area (Å²) in [4.78, 5) is 12.5. The van der Waals surface area contributed by atoms with E-state index in [4.69, 9.17) is 15.2 Å². The maximum atomic E-state index is 12.5. The third-order valence-electron chi connectivity index (χ3n) is 4.18. The summed E-state index contributed by atoms with van der Waals surface area (Å²) in [6.07, 6.45) is 4.39. The number of hydrogen-bond donors (Lipinski definition) is 2. The lowest BCUT2D eigenvalue weighted by Crippen LogP contribution is -2.44. The number of hydrogen-bond acceptors (Lipinski definition) is 4. The lowest BCUT2D eigenvalue weighted by Gasteiger charge is -2.31. The number of carbonyl (C=O) groups excluding carboxylic acids is 1. The van der Waals surface area contributed by atoms with Crippen molar-refractivity contribution in [3.05, 3.63) is 23.8 Å². The molecular formula is C16H25ClN2O3. The summed E-state index contributed by atoms with van der Waals surface area (Å²) in [6.45, 7) is 0.611. The van der Waals surface area contributed by atoms with E-state index in [1.807, 2.05) is 0 Å². The summed E-state index contributed by atoms with van der Waals surface area (Å²) in [5.41, 5.74) is 6.31. The zero-order chi connectivity index (χ0) is 15.2. The Bertz CT molecular complexity index is 496. The Kier molecular flexibility index (Phi) is 7.48. The van der Waals surface area contributed by atoms with E-state index in [1.54, 1.807) is 32.4 Å². The van der Waals surface area contributed by atoms with Crippen LogP contribution in [-0.2, 0) is 0 Å². The Morgan fingerprint density at radius 3 is 2.64 bits per heavy atom. The second kappa shape index (κ2) is 8.86. The van der Waals surface area contributed by atoms with Gasteiger partial charge in [0, 0.05) is 6.04 Å². The van der Waals surface area contributed by atoms with Crippen molar-refractivity contribution in [2.45, 2.75) is 31.7 Å². The van der Waals surface area contributed by atoms with Crippen LogP contribution < -0.4 is 20.5 Å². The van der Waals surface area contributed by atoms with Crippen LogP contribution in [0.25, 0.3) is 0 Å². The summed E-state index contributed by atoms with van der Waals surface area (Å²) >= 11 is 0. The topological polar surface area (TPSA) is 73.6 Å². The van der Waals surface area contributed by atoms with Gasteiger partial charge in [0.2, 0.25) is 0 Å². The van der Waals surface area contributed by atoms with E-state index >= 15 is 0 Å². The molecular weight excluding hydrogens is 304 g/mol. The van der Waals surface area contributed by atoms with Crippen LogP contribution in [0.4, 0.5) is 0 Å². The smallest absolute Gasteiger partial charge is 0.255 e. The fourth-order valence-electron chi connectivity index (χ4n) is 2.92. The molecule has 0 aromatic heterocycles. The Balaban J connectivity index is 0.00000242. The Morgan fingerprint density at radius 1 is 1.27 bits per heavy atom. The van der Waals surface area contributed by atoms with Gasteiger partial charge < -0.3 is 20.5 Å². The summed E-state index contributed by atoms with van der Waals surface area (Å²) in [5.74, 6) is 1.42. The SMILES string of the molecule is COc1ccc(OC)c(C(=O)NC2CCCCC2CN)c1.Cl. The minimum Gasteiger partial charge on any atom is -0.497 e. The highest BCUT2D eigenvalue weighted by atomic mass is 35.5. The lowest BCUT2D eigenvalue weighted by atomic mass is 9.84. The van der Waals surface area contributed by atoms with Gasteiger partial charge in [0.05, 0.1) is 19.8 Å². The predicted molar refractivity (Wildman–Crippen MR) is 89.1 cm³/mol. The number of nitrogens with one attached hydrogen (secondary N) is 1. The Labute approximate surface area is 138 Å². The normalized spacial score (nSPS) is 20.7. The van der Waals surface area contributed by atoms with Crippen molar-refractivity contribution in [3.8, 4) is 11.5 Å². The molecule has 124 valence electrons. The van der Waals surface area contributed by atoms with Crippen LogP contribution in [-0.4, -0.2) is 32.7 Å². The van der Waals surface area contributed by atoms with Gasteiger partial charge in [-0.1, -0.05) is 12.8 Å². The number of carbonyl (C=O) groups is 1. The molecule has 0 spiro atoms. The van der Waals surface area contributed by atoms with E-state index in [1.165, 1.54) is 6.42 Å². The van der Waals surface area contributed by atoms with E-state index in [0.29, 0.717) is 29.5 Å². The van der Waals surface area contributed by atoms with Crippen LogP contribution in [0.1, 0.15) is 36.0 Å². The molecule has 0 saturated heterocycles. The summed E-state index contributed by atoms with van der Waals surface area (Å²) in [7, 11) is 3.14. The first kappa shape index (κ1) is 18.6. The van der Waals surface area contributed by atoms with Crippen molar-refractivity contribution < 1.29 is 14.3 Å². The van der Waals surface area contributed by atoms with Gasteiger partial charge in [-0.25, -0.2) is 0 Å². The van der Waals surface area contributed by atoms with Crippen molar-refractivity contribution in [1.29, 1.82) is 0 Å². The molecule has 5 nitrogen and oxygen atoms in total. The van der Waals surface area contributed by atoms with Gasteiger partial charge in [0.1, 0.15) is 11.5 Å². The van der Waals surface area contributed by atoms with Gasteiger partial charge in [-0.15, -0.1) is 12.4 Å². The highest BCUT2D eigenvalue weighted by molar-refractivity contribution is 5.97. The van der Waals surface area contributed by atoms with E-state index in [0.717, 1.165) is 19.3 Å². The first-order chi connectivity index (χ1) is 10.2. The molecule has 0 heterocycles. The number of methoxy groups -OCH3 is 2. The first-order valence-corrected chi connectivity index (χ1v) is 7.42. The molecule has 3 N–H and O–H groups in total. The number of ether oxygens (including phenoxy) is 2. The van der Waals surface area contributed by atoms with Crippen molar-refractivity contribution in [1.82, 2.24) is 5.32 Å². The van der Waals surface area contributed by atoms with Gasteiger partial charge in [-0.05, 0) is 43.5 Å². The van der Waals surface area contributed by atoms with E-state index in [2.05, 4.69) is 5.32 Å². The zero-order valence-corrected chi connectivity index (χ0v) is 13.9. The number of halogens is 1. The minimum absolute atomic E-state index is 0. The summed E-state index contributed by atoms with van der Waals surface area (Å²) in [6, 6.07) is 5.37. The standard InChI is InChI=1S/C16H24N2O3.ClH/c1-20-12-7-8-15(21-2)13(9-12)16(19)18-14-6-4-3-5-11(14)10-17;/h7-9,11,14H,3-6,10,17H2,1-2H3,(H,18,19);1H. The molecule has 22 heavy (non-hydrogen) atoms. The molecule has 1 fully saturated rings. The fraction of sp³-hybridized carbons (Fsp3) is 0.562. The van der Waals surface area contributed by atoms with Gasteiger partial charge in [0.25, 0.3) is 5.91 Å². The molecule has 0 radical (unpaired) electrons. The van der Waals surface area contributed by atoms with Gasteiger partial charge in [-0.3, -0.25) is 4.79 Å². The summed E-state index contributed by atoms with van der Waals surface area (Å²) in [5, 5.41) is 3.11. The van der Waals surface area contributed by atoms with E-state index in [-0.39, 0.29) is 24.4 Å². The van der Waals surface area contributed by atoms with Crippen LogP contribution in [0.3, 0.4) is 0 Å². The number of benzene rings is 1. The second-order valence-corrected chi connectivity index (χ2v) is 5.43. The minimum atomic E-state index is -0.129. The number of rotatable bonds is 5. The second-order valence-electron chi connectivity index (χ2n) is 5.43. The molecule has 2 atom stereocenters. The molecule has 1 aliphatic rings. The molecule has 1 amide bonds. The van der Waals surface area contributed by atoms with Crippen LogP contribution in [0.15, 0.2) is 18.2 Å². The highest BCUT2D eigenvalue weighted by Crippen LogP contribution is 2.27. The third-order valence-corrected chi connectivity index (χ3v) is 4.18. The molecule has 0 aliphatic heterocycles. The largest absolute Gasteiger partial charge is 0.497 e. The fourth-order valence-corrected chi connectivity index (χ4v) is 2.92. The maximum absolute atomic E-state index is 12.5. The van der Waals surface area contributed by atoms with Crippen molar-refractivity contribution in [3.63, 3.8) is 0 Å². The average molecular weight is 329 g/mol.